The number of hydrogen-bond donors (Lipinski definition) is 2. The molecule has 2 N–H and O–H groups in total. The van der Waals surface area contributed by atoms with Crippen LogP contribution in [0.3, 0.4) is 0 Å². The van der Waals surface area contributed by atoms with Crippen molar-refractivity contribution in [1.29, 1.82) is 0 Å². The fourth-order valence-corrected chi connectivity index (χ4v) is 2.67. The van der Waals surface area contributed by atoms with Gasteiger partial charge in [-0.15, -0.1) is 0 Å². The van der Waals surface area contributed by atoms with Crippen LogP contribution in [0.1, 0.15) is 33.3 Å². The molecule has 0 aromatic heterocycles. The maximum atomic E-state index is 9.43. The lowest BCUT2D eigenvalue weighted by Crippen LogP contribution is -2.44. The molecule has 19 heavy (non-hydrogen) atoms. The Morgan fingerprint density at radius 3 is 2.21 bits per heavy atom. The summed E-state index contributed by atoms with van der Waals surface area (Å²) in [6.45, 7) is 12.9. The van der Waals surface area contributed by atoms with E-state index in [0.717, 1.165) is 17.7 Å². The molecule has 0 aliphatic rings. The average Bonchev–Trinajstić information content (AvgIpc) is 2.26. The molecule has 0 atom stereocenters. The second kappa shape index (κ2) is 5.69. The van der Waals surface area contributed by atoms with Crippen LogP contribution in [0.4, 0.5) is 0 Å². The first-order valence-electron chi connectivity index (χ1n) is 6.76. The van der Waals surface area contributed by atoms with E-state index < -0.39 is 15.4 Å². The highest BCUT2D eigenvalue weighted by Gasteiger charge is 2.39. The number of aryl methyl sites for hydroxylation is 1. The van der Waals surface area contributed by atoms with Crippen molar-refractivity contribution in [2.24, 2.45) is 0 Å². The molecule has 0 aliphatic heterocycles. The summed E-state index contributed by atoms with van der Waals surface area (Å²) in [5, 5.41) is 19.0. The normalized spacial score (nSPS) is 12.4. The van der Waals surface area contributed by atoms with Crippen molar-refractivity contribution in [2.45, 2.75) is 52.2 Å². The SMILES string of the molecule is CCc1ccc(O[Si](C)(C)C(C)(C)C)cc1B(O)O. The van der Waals surface area contributed by atoms with E-state index in [1.54, 1.807) is 6.07 Å². The summed E-state index contributed by atoms with van der Waals surface area (Å²) in [5.74, 6) is 0.729. The Labute approximate surface area is 117 Å². The van der Waals surface area contributed by atoms with E-state index in [2.05, 4.69) is 33.9 Å². The van der Waals surface area contributed by atoms with Crippen LogP contribution in [0.2, 0.25) is 18.1 Å². The third-order valence-electron chi connectivity index (χ3n) is 3.96. The van der Waals surface area contributed by atoms with Crippen LogP contribution in [-0.4, -0.2) is 25.5 Å². The van der Waals surface area contributed by atoms with Crippen molar-refractivity contribution in [1.82, 2.24) is 0 Å². The summed E-state index contributed by atoms with van der Waals surface area (Å²) in [6, 6.07) is 5.59. The molecular weight excluding hydrogens is 255 g/mol. The van der Waals surface area contributed by atoms with Gasteiger partial charge in [0.1, 0.15) is 5.75 Å². The molecule has 0 spiro atoms. The van der Waals surface area contributed by atoms with Gasteiger partial charge in [-0.05, 0) is 47.7 Å². The molecule has 0 aliphatic carbocycles. The quantitative estimate of drug-likeness (QED) is 0.832. The van der Waals surface area contributed by atoms with E-state index in [9.17, 15) is 10.0 Å². The summed E-state index contributed by atoms with van der Waals surface area (Å²) >= 11 is 0. The molecule has 1 aromatic carbocycles. The van der Waals surface area contributed by atoms with Crippen molar-refractivity contribution in [3.05, 3.63) is 23.8 Å². The highest BCUT2D eigenvalue weighted by molar-refractivity contribution is 6.74. The van der Waals surface area contributed by atoms with Crippen LogP contribution >= 0.6 is 0 Å². The molecule has 1 rings (SSSR count). The standard InChI is InChI=1S/C14H25BO3Si/c1-7-11-8-9-12(10-13(11)15(16)17)18-19(5,6)14(2,3)4/h8-10,16-17H,7H2,1-6H3. The minimum absolute atomic E-state index is 0.119. The minimum Gasteiger partial charge on any atom is -0.544 e. The topological polar surface area (TPSA) is 49.7 Å². The average molecular weight is 280 g/mol. The molecule has 5 heteroatoms. The van der Waals surface area contributed by atoms with Crippen LogP contribution in [0, 0.1) is 0 Å². The van der Waals surface area contributed by atoms with E-state index in [1.165, 1.54) is 0 Å². The van der Waals surface area contributed by atoms with E-state index >= 15 is 0 Å². The van der Waals surface area contributed by atoms with Gasteiger partial charge in [0.15, 0.2) is 0 Å². The van der Waals surface area contributed by atoms with Crippen LogP contribution in [-0.2, 0) is 6.42 Å². The maximum Gasteiger partial charge on any atom is 0.488 e. The largest absolute Gasteiger partial charge is 0.544 e. The van der Waals surface area contributed by atoms with Gasteiger partial charge in [-0.25, -0.2) is 0 Å². The molecule has 0 fully saturated rings. The smallest absolute Gasteiger partial charge is 0.488 e. The van der Waals surface area contributed by atoms with Gasteiger partial charge in [-0.1, -0.05) is 33.8 Å². The van der Waals surface area contributed by atoms with Gasteiger partial charge in [0.05, 0.1) is 0 Å². The number of benzene rings is 1. The molecule has 0 heterocycles. The zero-order valence-electron chi connectivity index (χ0n) is 12.8. The van der Waals surface area contributed by atoms with Crippen LogP contribution in [0.5, 0.6) is 5.75 Å². The number of rotatable bonds is 4. The Kier molecular flexibility index (Phi) is 4.87. The number of hydrogen-bond acceptors (Lipinski definition) is 3. The highest BCUT2D eigenvalue weighted by atomic mass is 28.4. The van der Waals surface area contributed by atoms with Crippen molar-refractivity contribution >= 4 is 20.9 Å². The lowest BCUT2D eigenvalue weighted by Gasteiger charge is -2.36. The lowest BCUT2D eigenvalue weighted by atomic mass is 9.76. The molecule has 0 bridgehead atoms. The van der Waals surface area contributed by atoms with Crippen molar-refractivity contribution in [3.8, 4) is 5.75 Å². The molecule has 0 saturated carbocycles. The van der Waals surface area contributed by atoms with Crippen molar-refractivity contribution < 1.29 is 14.5 Å². The second-order valence-corrected chi connectivity index (χ2v) is 11.2. The zero-order chi connectivity index (χ0) is 14.8. The zero-order valence-corrected chi connectivity index (χ0v) is 13.8. The molecule has 0 amide bonds. The molecule has 1 aromatic rings. The predicted octanol–water partition coefficient (Wildman–Crippen LogP) is 2.31. The molecule has 0 unspecified atom stereocenters. The Bertz CT molecular complexity index is 439. The molecular formula is C14H25BO3Si. The van der Waals surface area contributed by atoms with Crippen molar-refractivity contribution in [3.63, 3.8) is 0 Å². The Hall–Kier alpha value is -0.778. The fraction of sp³-hybridized carbons (Fsp3) is 0.571. The summed E-state index contributed by atoms with van der Waals surface area (Å²) < 4.78 is 6.17. The van der Waals surface area contributed by atoms with Gasteiger partial charge in [0.2, 0.25) is 8.32 Å². The van der Waals surface area contributed by atoms with Crippen molar-refractivity contribution in [2.75, 3.05) is 0 Å². The van der Waals surface area contributed by atoms with Gasteiger partial charge in [-0.3, -0.25) is 0 Å². The van der Waals surface area contributed by atoms with E-state index in [0.29, 0.717) is 5.46 Å². The lowest BCUT2D eigenvalue weighted by molar-refractivity contribution is 0.425. The minimum atomic E-state index is -1.89. The van der Waals surface area contributed by atoms with Gasteiger partial charge in [-0.2, -0.15) is 0 Å². The van der Waals surface area contributed by atoms with Gasteiger partial charge < -0.3 is 14.5 Å². The third kappa shape index (κ3) is 3.84. The first-order chi connectivity index (χ1) is 8.58. The second-order valence-electron chi connectivity index (χ2n) is 6.45. The summed E-state index contributed by atoms with van der Waals surface area (Å²) in [7, 11) is -3.34. The Morgan fingerprint density at radius 1 is 1.21 bits per heavy atom. The Balaban J connectivity index is 3.07. The van der Waals surface area contributed by atoms with Crippen LogP contribution in [0.15, 0.2) is 18.2 Å². The highest BCUT2D eigenvalue weighted by Crippen LogP contribution is 2.37. The van der Waals surface area contributed by atoms with E-state index in [1.807, 2.05) is 19.1 Å². The van der Waals surface area contributed by atoms with E-state index in [-0.39, 0.29) is 5.04 Å². The van der Waals surface area contributed by atoms with Gasteiger partial charge >= 0.3 is 7.12 Å². The van der Waals surface area contributed by atoms with E-state index in [4.69, 9.17) is 4.43 Å². The fourth-order valence-electron chi connectivity index (χ4n) is 1.65. The summed E-state index contributed by atoms with van der Waals surface area (Å²) in [6.07, 6.45) is 0.771. The van der Waals surface area contributed by atoms with Crippen LogP contribution < -0.4 is 9.89 Å². The van der Waals surface area contributed by atoms with Crippen LogP contribution in [0.25, 0.3) is 0 Å². The third-order valence-corrected chi connectivity index (χ3v) is 8.31. The Morgan fingerprint density at radius 2 is 1.79 bits per heavy atom. The summed E-state index contributed by atoms with van der Waals surface area (Å²) in [4.78, 5) is 0. The predicted molar refractivity (Wildman–Crippen MR) is 83.5 cm³/mol. The van der Waals surface area contributed by atoms with Gasteiger partial charge in [0, 0.05) is 0 Å². The maximum absolute atomic E-state index is 9.43. The molecule has 0 saturated heterocycles. The molecule has 0 radical (unpaired) electrons. The molecule has 3 nitrogen and oxygen atoms in total. The first-order valence-corrected chi connectivity index (χ1v) is 9.67. The summed E-state index contributed by atoms with van der Waals surface area (Å²) in [5.41, 5.74) is 1.48. The monoisotopic (exact) mass is 280 g/mol. The first kappa shape index (κ1) is 16.3. The van der Waals surface area contributed by atoms with Gasteiger partial charge in [0.25, 0.3) is 0 Å². The molecule has 106 valence electrons.